The zero-order chi connectivity index (χ0) is 20.7. The first-order valence-corrected chi connectivity index (χ1v) is 9.50. The van der Waals surface area contributed by atoms with Crippen molar-refractivity contribution in [2.75, 3.05) is 46.4 Å². The predicted molar refractivity (Wildman–Crippen MR) is 106 cm³/mol. The number of hydrogen-bond donors (Lipinski definition) is 2. The Hall–Kier alpha value is -2.32. The molecule has 1 aromatic carbocycles. The largest absolute Gasteiger partial charge is 0.492 e. The average Bonchev–Trinajstić information content (AvgIpc) is 2.60. The van der Waals surface area contributed by atoms with E-state index in [1.807, 2.05) is 0 Å². The third-order valence-corrected chi connectivity index (χ3v) is 4.39. The molecule has 8 nitrogen and oxygen atoms in total. The van der Waals surface area contributed by atoms with E-state index < -0.39 is 23.7 Å². The number of rotatable bonds is 7. The summed E-state index contributed by atoms with van der Waals surface area (Å²) in [5.74, 6) is -0.492. The zero-order valence-corrected chi connectivity index (χ0v) is 17.1. The van der Waals surface area contributed by atoms with E-state index in [1.54, 1.807) is 45.0 Å². The highest BCUT2D eigenvalue weighted by molar-refractivity contribution is 5.81. The highest BCUT2D eigenvalue weighted by Crippen LogP contribution is 2.19. The van der Waals surface area contributed by atoms with E-state index in [-0.39, 0.29) is 0 Å². The SMILES string of the molecule is CN1CCN(CCOc2ccc([C@H](NC(=O)OC(C)(C)C)C(=O)O)cc2)CC1. The predicted octanol–water partition coefficient (Wildman–Crippen LogP) is 1.96. The molecule has 0 unspecified atom stereocenters. The molecule has 2 N–H and O–H groups in total. The molecule has 156 valence electrons. The number of hydrogen-bond acceptors (Lipinski definition) is 6. The van der Waals surface area contributed by atoms with Crippen LogP contribution in [0, 0.1) is 0 Å². The number of carboxylic acid groups (broad SMARTS) is 1. The van der Waals surface area contributed by atoms with Crippen LogP contribution in [0.4, 0.5) is 4.79 Å². The van der Waals surface area contributed by atoms with E-state index in [0.717, 1.165) is 32.7 Å². The van der Waals surface area contributed by atoms with E-state index in [4.69, 9.17) is 9.47 Å². The molecule has 1 aliphatic heterocycles. The molecule has 1 aliphatic rings. The van der Waals surface area contributed by atoms with Crippen LogP contribution >= 0.6 is 0 Å². The second-order valence-electron chi connectivity index (χ2n) is 7.98. The number of alkyl carbamates (subject to hydrolysis) is 1. The van der Waals surface area contributed by atoms with Crippen molar-refractivity contribution in [3.63, 3.8) is 0 Å². The van der Waals surface area contributed by atoms with Crippen LogP contribution in [0.3, 0.4) is 0 Å². The van der Waals surface area contributed by atoms with Gasteiger partial charge in [0.25, 0.3) is 0 Å². The number of piperazine rings is 1. The van der Waals surface area contributed by atoms with Crippen LogP contribution in [0.25, 0.3) is 0 Å². The maximum absolute atomic E-state index is 11.9. The second kappa shape index (κ2) is 9.75. The number of benzene rings is 1. The summed E-state index contributed by atoms with van der Waals surface area (Å²) in [6.07, 6.45) is -0.771. The van der Waals surface area contributed by atoms with Gasteiger partial charge >= 0.3 is 12.1 Å². The fourth-order valence-corrected chi connectivity index (χ4v) is 2.83. The lowest BCUT2D eigenvalue weighted by Crippen LogP contribution is -2.45. The summed E-state index contributed by atoms with van der Waals surface area (Å²) in [7, 11) is 2.12. The summed E-state index contributed by atoms with van der Waals surface area (Å²) in [6.45, 7) is 10.8. The highest BCUT2D eigenvalue weighted by atomic mass is 16.6. The Morgan fingerprint density at radius 2 is 1.75 bits per heavy atom. The van der Waals surface area contributed by atoms with Crippen LogP contribution in [-0.2, 0) is 9.53 Å². The lowest BCUT2D eigenvalue weighted by Gasteiger charge is -2.32. The molecule has 1 aromatic rings. The molecule has 0 aromatic heterocycles. The number of aliphatic carboxylic acids is 1. The van der Waals surface area contributed by atoms with Gasteiger partial charge in [-0.05, 0) is 45.5 Å². The number of ether oxygens (including phenoxy) is 2. The van der Waals surface area contributed by atoms with Crippen LogP contribution in [0.5, 0.6) is 5.75 Å². The number of carboxylic acids is 1. The van der Waals surface area contributed by atoms with Gasteiger partial charge in [0.15, 0.2) is 6.04 Å². The smallest absolute Gasteiger partial charge is 0.408 e. The normalized spacial score (nSPS) is 17.0. The minimum atomic E-state index is -1.19. The molecule has 2 rings (SSSR count). The van der Waals surface area contributed by atoms with E-state index in [0.29, 0.717) is 17.9 Å². The maximum Gasteiger partial charge on any atom is 0.408 e. The third-order valence-electron chi connectivity index (χ3n) is 4.39. The topological polar surface area (TPSA) is 91.3 Å². The molecule has 28 heavy (non-hydrogen) atoms. The van der Waals surface area contributed by atoms with Crippen LogP contribution in [-0.4, -0.2) is 78.9 Å². The van der Waals surface area contributed by atoms with Gasteiger partial charge in [0.05, 0.1) is 0 Å². The Morgan fingerprint density at radius 1 is 1.14 bits per heavy atom. The number of carbonyl (C=O) groups excluding carboxylic acids is 1. The van der Waals surface area contributed by atoms with E-state index in [1.165, 1.54) is 0 Å². The molecular weight excluding hydrogens is 362 g/mol. The van der Waals surface area contributed by atoms with Gasteiger partial charge in [-0.15, -0.1) is 0 Å². The molecule has 0 radical (unpaired) electrons. The van der Waals surface area contributed by atoms with Crippen molar-refractivity contribution in [2.45, 2.75) is 32.4 Å². The lowest BCUT2D eigenvalue weighted by atomic mass is 10.1. The summed E-state index contributed by atoms with van der Waals surface area (Å²) >= 11 is 0. The van der Waals surface area contributed by atoms with Gasteiger partial charge in [-0.3, -0.25) is 4.90 Å². The highest BCUT2D eigenvalue weighted by Gasteiger charge is 2.25. The Bertz CT molecular complexity index is 649. The maximum atomic E-state index is 11.9. The number of likely N-dealkylation sites (N-methyl/N-ethyl adjacent to an activating group) is 1. The second-order valence-corrected chi connectivity index (χ2v) is 7.98. The molecular formula is C20H31N3O5. The molecule has 1 heterocycles. The van der Waals surface area contributed by atoms with Crippen molar-refractivity contribution >= 4 is 12.1 Å². The molecule has 0 bridgehead atoms. The standard InChI is InChI=1S/C20H31N3O5/c1-20(2,3)28-19(26)21-17(18(24)25)15-5-7-16(8-6-15)27-14-13-23-11-9-22(4)10-12-23/h5-8,17H,9-14H2,1-4H3,(H,21,26)(H,24,25)/t17-/m0/s1. The van der Waals surface area contributed by atoms with Crippen molar-refractivity contribution in [1.82, 2.24) is 15.1 Å². The fraction of sp³-hybridized carbons (Fsp3) is 0.600. The fourth-order valence-electron chi connectivity index (χ4n) is 2.83. The minimum Gasteiger partial charge on any atom is -0.492 e. The van der Waals surface area contributed by atoms with Gasteiger partial charge in [-0.25, -0.2) is 9.59 Å². The first-order chi connectivity index (χ1) is 13.1. The van der Waals surface area contributed by atoms with E-state index in [9.17, 15) is 14.7 Å². The van der Waals surface area contributed by atoms with Gasteiger partial charge in [0.1, 0.15) is 18.0 Å². The summed E-state index contributed by atoms with van der Waals surface area (Å²) in [6, 6.07) is 5.52. The van der Waals surface area contributed by atoms with Crippen LogP contribution in [0.2, 0.25) is 0 Å². The van der Waals surface area contributed by atoms with Crippen molar-refractivity contribution in [3.8, 4) is 5.75 Å². The quantitative estimate of drug-likeness (QED) is 0.732. The summed E-state index contributed by atoms with van der Waals surface area (Å²) in [5.41, 5.74) is -0.251. The molecule has 0 spiro atoms. The van der Waals surface area contributed by atoms with Gasteiger partial charge in [-0.2, -0.15) is 0 Å². The Morgan fingerprint density at radius 3 is 2.29 bits per heavy atom. The van der Waals surface area contributed by atoms with Crippen molar-refractivity contribution in [1.29, 1.82) is 0 Å². The van der Waals surface area contributed by atoms with Gasteiger partial charge in [-0.1, -0.05) is 12.1 Å². The van der Waals surface area contributed by atoms with Gasteiger partial charge < -0.3 is 24.8 Å². The number of nitrogens with one attached hydrogen (secondary N) is 1. The number of nitrogens with zero attached hydrogens (tertiary/aromatic N) is 2. The molecule has 1 fully saturated rings. The van der Waals surface area contributed by atoms with E-state index >= 15 is 0 Å². The van der Waals surface area contributed by atoms with Crippen LogP contribution < -0.4 is 10.1 Å². The van der Waals surface area contributed by atoms with Crippen LogP contribution in [0.15, 0.2) is 24.3 Å². The first-order valence-electron chi connectivity index (χ1n) is 9.50. The van der Waals surface area contributed by atoms with Crippen molar-refractivity contribution < 1.29 is 24.2 Å². The molecule has 1 atom stereocenters. The van der Waals surface area contributed by atoms with Crippen molar-refractivity contribution in [3.05, 3.63) is 29.8 Å². The Labute approximate surface area is 166 Å². The van der Waals surface area contributed by atoms with Gasteiger partial charge in [0.2, 0.25) is 0 Å². The average molecular weight is 393 g/mol. The first kappa shape index (κ1) is 22.0. The molecule has 8 heteroatoms. The summed E-state index contributed by atoms with van der Waals surface area (Å²) < 4.78 is 10.9. The molecule has 0 saturated carbocycles. The summed E-state index contributed by atoms with van der Waals surface area (Å²) in [5, 5.41) is 11.8. The van der Waals surface area contributed by atoms with Gasteiger partial charge in [0, 0.05) is 32.7 Å². The third kappa shape index (κ3) is 7.36. The Kier molecular flexibility index (Phi) is 7.65. The summed E-state index contributed by atoms with van der Waals surface area (Å²) in [4.78, 5) is 28.1. The number of amides is 1. The molecule has 1 amide bonds. The zero-order valence-electron chi connectivity index (χ0n) is 17.1. The van der Waals surface area contributed by atoms with E-state index in [2.05, 4.69) is 22.2 Å². The Balaban J connectivity index is 1.86. The lowest BCUT2D eigenvalue weighted by molar-refractivity contribution is -0.139. The van der Waals surface area contributed by atoms with Crippen LogP contribution in [0.1, 0.15) is 32.4 Å². The molecule has 0 aliphatic carbocycles. The molecule has 1 saturated heterocycles. The minimum absolute atomic E-state index is 0.449. The van der Waals surface area contributed by atoms with Crippen molar-refractivity contribution in [2.24, 2.45) is 0 Å². The monoisotopic (exact) mass is 393 g/mol. The number of carbonyl (C=O) groups is 2.